The van der Waals surface area contributed by atoms with Crippen LogP contribution in [0.3, 0.4) is 0 Å². The maximum atomic E-state index is 11.4. The number of nitrogens with two attached hydrogens (primary N) is 1. The van der Waals surface area contributed by atoms with Gasteiger partial charge in [-0.25, -0.2) is 4.98 Å². The summed E-state index contributed by atoms with van der Waals surface area (Å²) in [6.07, 6.45) is 11.0. The summed E-state index contributed by atoms with van der Waals surface area (Å²) in [5, 5.41) is 7.96. The monoisotopic (exact) mass is 482 g/mol. The smallest absolute Gasteiger partial charge is 0.230 e. The van der Waals surface area contributed by atoms with E-state index in [0.717, 1.165) is 46.4 Å². The van der Waals surface area contributed by atoms with Crippen molar-refractivity contribution < 1.29 is 4.79 Å². The van der Waals surface area contributed by atoms with Gasteiger partial charge in [0.25, 0.3) is 0 Å². The molecule has 1 amide bonds. The van der Waals surface area contributed by atoms with Crippen LogP contribution in [-0.4, -0.2) is 54.9 Å². The van der Waals surface area contributed by atoms with Crippen LogP contribution >= 0.6 is 11.5 Å². The molecule has 10 heteroatoms. The van der Waals surface area contributed by atoms with E-state index in [9.17, 15) is 4.79 Å². The molecule has 1 saturated carbocycles. The van der Waals surface area contributed by atoms with E-state index in [4.69, 9.17) is 15.7 Å². The Labute approximate surface area is 204 Å². The number of likely N-dealkylation sites (tertiary alicyclic amines) is 1. The van der Waals surface area contributed by atoms with E-state index in [1.165, 1.54) is 56.7 Å². The molecule has 4 N–H and O–H groups in total. The lowest BCUT2D eigenvalue weighted by atomic mass is 9.89. The summed E-state index contributed by atoms with van der Waals surface area (Å²) in [4.78, 5) is 23.7. The molecule has 0 atom stereocenters. The van der Waals surface area contributed by atoms with Crippen LogP contribution in [0.2, 0.25) is 0 Å². The van der Waals surface area contributed by atoms with Crippen LogP contribution in [0.5, 0.6) is 0 Å². The molecule has 0 unspecified atom stereocenters. The van der Waals surface area contributed by atoms with Gasteiger partial charge in [0.15, 0.2) is 5.82 Å². The minimum Gasteiger partial charge on any atom is -0.370 e. The van der Waals surface area contributed by atoms with Crippen LogP contribution in [0.4, 0.5) is 16.8 Å². The van der Waals surface area contributed by atoms with Crippen molar-refractivity contribution in [3.8, 4) is 0 Å². The molecule has 2 fully saturated rings. The number of anilines is 3. The minimum absolute atomic E-state index is 0.282. The van der Waals surface area contributed by atoms with Crippen LogP contribution in [0.1, 0.15) is 57.1 Å². The fraction of sp³-hybridized carbons (Fsp3) is 0.583. The maximum Gasteiger partial charge on any atom is 0.230 e. The van der Waals surface area contributed by atoms with Crippen LogP contribution in [0.15, 0.2) is 18.3 Å². The van der Waals surface area contributed by atoms with E-state index in [1.54, 1.807) is 0 Å². The Morgan fingerprint density at radius 1 is 1.18 bits per heavy atom. The summed E-state index contributed by atoms with van der Waals surface area (Å²) in [5.41, 5.74) is 8.14. The van der Waals surface area contributed by atoms with Gasteiger partial charge in [-0.1, -0.05) is 6.42 Å². The second-order valence-corrected chi connectivity index (χ2v) is 10.4. The third kappa shape index (κ3) is 5.33. The third-order valence-corrected chi connectivity index (χ3v) is 7.81. The average Bonchev–Trinajstić information content (AvgIpc) is 3.44. The fourth-order valence-corrected chi connectivity index (χ4v) is 5.93. The molecule has 0 bridgehead atoms. The standard InChI is InChI=1S/C24H34N8OS/c1-16-15-21(34-30-16)28-24-27-19-9-13-32(14-10-20(25)33)22(19)23(29-24)26-17-5-7-18(8-6-17)31-11-3-2-4-12-31/h9,13,15,17-18H,2-8,10-12,14H2,1H3,(H2,25,33)(H2,26,27,28,29). The van der Waals surface area contributed by atoms with Crippen molar-refractivity contribution in [3.63, 3.8) is 0 Å². The fourth-order valence-electron chi connectivity index (χ4n) is 5.28. The number of aromatic nitrogens is 4. The molecule has 1 aliphatic heterocycles. The number of primary amides is 1. The number of aryl methyl sites for hydroxylation is 2. The Hall–Kier alpha value is -2.72. The summed E-state index contributed by atoms with van der Waals surface area (Å²) >= 11 is 1.40. The molecule has 1 aliphatic carbocycles. The lowest BCUT2D eigenvalue weighted by Crippen LogP contribution is -2.43. The molecule has 9 nitrogen and oxygen atoms in total. The van der Waals surface area contributed by atoms with Crippen LogP contribution in [0, 0.1) is 6.92 Å². The zero-order valence-electron chi connectivity index (χ0n) is 19.8. The van der Waals surface area contributed by atoms with Crippen molar-refractivity contribution in [1.82, 2.24) is 23.8 Å². The van der Waals surface area contributed by atoms with Crippen LogP contribution in [0.25, 0.3) is 11.0 Å². The SMILES string of the molecule is Cc1cc(Nc2nc(NC3CCC(N4CCCCC4)CC3)c3c(ccn3CCC(N)=O)n2)sn1. The maximum absolute atomic E-state index is 11.4. The molecule has 1 saturated heterocycles. The molecule has 0 spiro atoms. The average molecular weight is 483 g/mol. The molecule has 3 aromatic rings. The number of hydrogen-bond acceptors (Lipinski definition) is 8. The molecule has 5 rings (SSSR count). The van der Waals surface area contributed by atoms with E-state index in [1.807, 2.05) is 29.8 Å². The van der Waals surface area contributed by atoms with Crippen molar-refractivity contribution in [1.29, 1.82) is 0 Å². The normalized spacial score (nSPS) is 21.6. The van der Waals surface area contributed by atoms with Gasteiger partial charge < -0.3 is 25.8 Å². The summed E-state index contributed by atoms with van der Waals surface area (Å²) in [6.45, 7) is 5.00. The van der Waals surface area contributed by atoms with Gasteiger partial charge in [-0.2, -0.15) is 9.36 Å². The second kappa shape index (κ2) is 10.3. The van der Waals surface area contributed by atoms with Gasteiger partial charge in [0.05, 0.1) is 11.2 Å². The molecule has 182 valence electrons. The van der Waals surface area contributed by atoms with Crippen molar-refractivity contribution in [2.75, 3.05) is 23.7 Å². The van der Waals surface area contributed by atoms with Crippen LogP contribution in [-0.2, 0) is 11.3 Å². The summed E-state index contributed by atoms with van der Waals surface area (Å²) < 4.78 is 6.37. The first-order valence-corrected chi connectivity index (χ1v) is 13.2. The minimum atomic E-state index is -0.313. The first-order chi connectivity index (χ1) is 16.5. The Kier molecular flexibility index (Phi) is 6.96. The van der Waals surface area contributed by atoms with Gasteiger partial charge in [-0.05, 0) is 82.2 Å². The molecule has 2 aliphatic rings. The van der Waals surface area contributed by atoms with Gasteiger partial charge in [-0.3, -0.25) is 4.79 Å². The Morgan fingerprint density at radius 2 is 1.97 bits per heavy atom. The molecule has 3 aromatic heterocycles. The summed E-state index contributed by atoms with van der Waals surface area (Å²) in [6, 6.07) is 5.05. The second-order valence-electron chi connectivity index (χ2n) is 9.56. The van der Waals surface area contributed by atoms with E-state index in [2.05, 4.69) is 19.9 Å². The van der Waals surface area contributed by atoms with E-state index in [0.29, 0.717) is 18.5 Å². The summed E-state index contributed by atoms with van der Waals surface area (Å²) in [5.74, 6) is 1.05. The highest BCUT2D eigenvalue weighted by Crippen LogP contribution is 2.31. The number of nitrogens with zero attached hydrogens (tertiary/aromatic N) is 5. The summed E-state index contributed by atoms with van der Waals surface area (Å²) in [7, 11) is 0. The molecule has 0 radical (unpaired) electrons. The van der Waals surface area contributed by atoms with Crippen molar-refractivity contribution in [2.24, 2.45) is 5.73 Å². The molecular weight excluding hydrogens is 448 g/mol. The lowest BCUT2D eigenvalue weighted by Gasteiger charge is -2.39. The van der Waals surface area contributed by atoms with E-state index >= 15 is 0 Å². The highest BCUT2D eigenvalue weighted by molar-refractivity contribution is 7.10. The van der Waals surface area contributed by atoms with Crippen molar-refractivity contribution in [3.05, 3.63) is 24.0 Å². The topological polar surface area (TPSA) is 114 Å². The quantitative estimate of drug-likeness (QED) is 0.444. The van der Waals surface area contributed by atoms with Gasteiger partial charge in [0.1, 0.15) is 10.5 Å². The van der Waals surface area contributed by atoms with Gasteiger partial charge >= 0.3 is 0 Å². The zero-order valence-corrected chi connectivity index (χ0v) is 20.6. The van der Waals surface area contributed by atoms with E-state index < -0.39 is 0 Å². The number of fused-ring (bicyclic) bond motifs is 1. The third-order valence-electron chi connectivity index (χ3n) is 7.02. The number of carbonyl (C=O) groups excluding carboxylic acids is 1. The number of hydrogen-bond donors (Lipinski definition) is 3. The number of rotatable bonds is 8. The molecule has 0 aromatic carbocycles. The Bertz CT molecular complexity index is 1130. The molecular formula is C24H34N8OS. The Balaban J connectivity index is 1.36. The highest BCUT2D eigenvalue weighted by atomic mass is 32.1. The number of piperidine rings is 1. The first-order valence-electron chi connectivity index (χ1n) is 12.4. The number of nitrogens with one attached hydrogen (secondary N) is 2. The van der Waals surface area contributed by atoms with Gasteiger partial charge in [0.2, 0.25) is 11.9 Å². The largest absolute Gasteiger partial charge is 0.370 e. The lowest BCUT2D eigenvalue weighted by molar-refractivity contribution is -0.118. The van der Waals surface area contributed by atoms with E-state index in [-0.39, 0.29) is 12.3 Å². The number of amides is 1. The first kappa shape index (κ1) is 23.0. The Morgan fingerprint density at radius 3 is 2.68 bits per heavy atom. The van der Waals surface area contributed by atoms with Crippen molar-refractivity contribution >= 4 is 45.2 Å². The van der Waals surface area contributed by atoms with Crippen molar-refractivity contribution in [2.45, 2.75) is 76.9 Å². The predicted molar refractivity (Wildman–Crippen MR) is 137 cm³/mol. The molecule has 4 heterocycles. The van der Waals surface area contributed by atoms with Gasteiger partial charge in [0, 0.05) is 31.2 Å². The van der Waals surface area contributed by atoms with Crippen LogP contribution < -0.4 is 16.4 Å². The molecule has 34 heavy (non-hydrogen) atoms. The number of carbonyl (C=O) groups is 1. The predicted octanol–water partition coefficient (Wildman–Crippen LogP) is 4.02. The zero-order chi connectivity index (χ0) is 23.5. The highest BCUT2D eigenvalue weighted by Gasteiger charge is 2.27. The van der Waals surface area contributed by atoms with Gasteiger partial charge in [-0.15, -0.1) is 0 Å².